The number of hydrogen-bond donors (Lipinski definition) is 2. The van der Waals surface area contributed by atoms with Gasteiger partial charge in [0.25, 0.3) is 0 Å². The van der Waals surface area contributed by atoms with Gasteiger partial charge in [-0.1, -0.05) is 60.7 Å². The Balaban J connectivity index is 1.49. The Kier molecular flexibility index (Phi) is 7.33. The zero-order valence-corrected chi connectivity index (χ0v) is 18.6. The first kappa shape index (κ1) is 21.9. The first-order valence-corrected chi connectivity index (χ1v) is 12.0. The van der Waals surface area contributed by atoms with Crippen molar-refractivity contribution in [2.45, 2.75) is 30.6 Å². The van der Waals surface area contributed by atoms with Crippen LogP contribution in [0, 0.1) is 0 Å². The third-order valence-corrected chi connectivity index (χ3v) is 7.15. The van der Waals surface area contributed by atoms with Gasteiger partial charge in [-0.15, -0.1) is 11.8 Å². The summed E-state index contributed by atoms with van der Waals surface area (Å²) in [6.45, 7) is 5.09. The maximum atomic E-state index is 13.0. The number of hydrogen-bond acceptors (Lipinski definition) is 6. The molecule has 0 saturated carbocycles. The van der Waals surface area contributed by atoms with E-state index in [-0.39, 0.29) is 5.76 Å². The third-order valence-electron chi connectivity index (χ3n) is 5.98. The normalized spacial score (nSPS) is 22.4. The Labute approximate surface area is 188 Å². The summed E-state index contributed by atoms with van der Waals surface area (Å²) in [5.41, 5.74) is 1.24. The van der Waals surface area contributed by atoms with Crippen LogP contribution >= 0.6 is 11.8 Å². The first-order valence-electron chi connectivity index (χ1n) is 11.0. The van der Waals surface area contributed by atoms with E-state index in [9.17, 15) is 9.90 Å². The lowest BCUT2D eigenvalue weighted by Crippen LogP contribution is -2.44. The van der Waals surface area contributed by atoms with E-state index in [1.54, 1.807) is 0 Å². The Morgan fingerprint density at radius 2 is 1.71 bits per heavy atom. The molecule has 2 aromatic rings. The summed E-state index contributed by atoms with van der Waals surface area (Å²) < 4.78 is 6.11. The van der Waals surface area contributed by atoms with Crippen molar-refractivity contribution in [1.29, 1.82) is 0 Å². The van der Waals surface area contributed by atoms with E-state index in [0.29, 0.717) is 23.5 Å². The minimum Gasteiger partial charge on any atom is -0.511 e. The molecule has 0 spiro atoms. The number of aliphatic hydroxyl groups excluding tert-OH is 1. The second kappa shape index (κ2) is 10.4. The van der Waals surface area contributed by atoms with Gasteiger partial charge in [0.1, 0.15) is 16.3 Å². The van der Waals surface area contributed by atoms with Crippen LogP contribution in [0.25, 0.3) is 0 Å². The van der Waals surface area contributed by atoms with Gasteiger partial charge in [-0.3, -0.25) is 0 Å². The number of aliphatic hydroxyl groups is 1. The molecule has 0 aromatic heterocycles. The number of benzene rings is 2. The molecule has 0 bridgehead atoms. The van der Waals surface area contributed by atoms with Gasteiger partial charge in [0.15, 0.2) is 0 Å². The minimum atomic E-state index is -0.812. The van der Waals surface area contributed by atoms with E-state index >= 15 is 0 Å². The van der Waals surface area contributed by atoms with E-state index in [1.807, 2.05) is 60.7 Å². The lowest BCUT2D eigenvalue weighted by Gasteiger charge is -2.38. The maximum Gasteiger partial charge on any atom is 0.348 e. The molecule has 31 heavy (non-hydrogen) atoms. The predicted molar refractivity (Wildman–Crippen MR) is 125 cm³/mol. The second-order valence-electron chi connectivity index (χ2n) is 8.17. The van der Waals surface area contributed by atoms with Crippen LogP contribution in [0.4, 0.5) is 0 Å². The molecule has 1 atom stereocenters. The molecule has 4 rings (SSSR count). The monoisotopic (exact) mass is 438 g/mol. The van der Waals surface area contributed by atoms with Crippen molar-refractivity contribution in [1.82, 2.24) is 10.2 Å². The first-order chi connectivity index (χ1) is 15.2. The molecule has 6 heteroatoms. The molecule has 164 valence electrons. The van der Waals surface area contributed by atoms with Crippen LogP contribution in [-0.2, 0) is 20.9 Å². The quantitative estimate of drug-likeness (QED) is 0.602. The molecule has 5 nitrogen and oxygen atoms in total. The standard InChI is InChI=1S/C25H30N2O3S/c28-22-18-25(21-10-5-2-6-11-21,12-7-15-27-16-13-26-14-17-27)30-24(29)23(22)31-19-20-8-3-1-4-9-20/h1-6,8-11,26,28H,7,12-19H2. The lowest BCUT2D eigenvalue weighted by molar-refractivity contribution is -0.160. The summed E-state index contributed by atoms with van der Waals surface area (Å²) in [5, 5.41) is 14.3. The summed E-state index contributed by atoms with van der Waals surface area (Å²) in [7, 11) is 0. The Hall–Kier alpha value is -2.28. The molecule has 0 radical (unpaired) electrons. The zero-order chi connectivity index (χ0) is 21.5. The van der Waals surface area contributed by atoms with Crippen LogP contribution in [0.15, 0.2) is 71.3 Å². The number of esters is 1. The smallest absolute Gasteiger partial charge is 0.348 e. The number of carbonyl (C=O) groups excluding carboxylic acids is 1. The minimum absolute atomic E-state index is 0.142. The molecule has 1 unspecified atom stereocenters. The fraction of sp³-hybridized carbons (Fsp3) is 0.400. The van der Waals surface area contributed by atoms with Crippen molar-refractivity contribution in [3.8, 4) is 0 Å². The highest BCUT2D eigenvalue weighted by Crippen LogP contribution is 2.44. The fourth-order valence-electron chi connectivity index (χ4n) is 4.31. The predicted octanol–water partition coefficient (Wildman–Crippen LogP) is 4.22. The highest BCUT2D eigenvalue weighted by Gasteiger charge is 2.43. The number of thioether (sulfide) groups is 1. The number of carbonyl (C=O) groups is 1. The lowest BCUT2D eigenvalue weighted by atomic mass is 9.83. The topological polar surface area (TPSA) is 61.8 Å². The molecule has 2 aliphatic rings. The van der Waals surface area contributed by atoms with Crippen molar-refractivity contribution in [2.75, 3.05) is 32.7 Å². The number of nitrogens with zero attached hydrogens (tertiary/aromatic N) is 1. The molecular weight excluding hydrogens is 408 g/mol. The van der Waals surface area contributed by atoms with Crippen molar-refractivity contribution < 1.29 is 14.6 Å². The average molecular weight is 439 g/mol. The van der Waals surface area contributed by atoms with Crippen molar-refractivity contribution >= 4 is 17.7 Å². The zero-order valence-electron chi connectivity index (χ0n) is 17.8. The molecule has 1 fully saturated rings. The van der Waals surface area contributed by atoms with Crippen molar-refractivity contribution in [3.05, 3.63) is 82.5 Å². The van der Waals surface area contributed by atoms with Crippen molar-refractivity contribution in [3.63, 3.8) is 0 Å². The molecule has 0 amide bonds. The maximum absolute atomic E-state index is 13.0. The Bertz CT molecular complexity index is 897. The van der Waals surface area contributed by atoms with Gasteiger partial charge in [-0.2, -0.15) is 0 Å². The molecule has 2 aliphatic heterocycles. The SMILES string of the molecule is O=C1OC(CCCN2CCNCC2)(c2ccccc2)CC(O)=C1SCc1ccccc1. The molecular formula is C25H30N2O3S. The van der Waals surface area contributed by atoms with Gasteiger partial charge >= 0.3 is 5.97 Å². The largest absolute Gasteiger partial charge is 0.511 e. The summed E-state index contributed by atoms with van der Waals surface area (Å²) >= 11 is 1.35. The number of ether oxygens (including phenoxy) is 1. The van der Waals surface area contributed by atoms with Gasteiger partial charge in [0, 0.05) is 31.9 Å². The molecule has 2 N–H and O–H groups in total. The van der Waals surface area contributed by atoms with Gasteiger partial charge in [-0.05, 0) is 30.5 Å². The second-order valence-corrected chi connectivity index (χ2v) is 9.16. The van der Waals surface area contributed by atoms with E-state index in [2.05, 4.69) is 10.2 Å². The Morgan fingerprint density at radius 3 is 2.39 bits per heavy atom. The van der Waals surface area contributed by atoms with E-state index in [1.165, 1.54) is 11.8 Å². The fourth-order valence-corrected chi connectivity index (χ4v) is 5.21. The summed E-state index contributed by atoms with van der Waals surface area (Å²) in [6.07, 6.45) is 1.91. The summed E-state index contributed by atoms with van der Waals surface area (Å²) in [5.74, 6) is 0.343. The average Bonchev–Trinajstić information content (AvgIpc) is 2.80. The van der Waals surface area contributed by atoms with Crippen LogP contribution in [-0.4, -0.2) is 48.7 Å². The number of rotatable bonds is 8. The molecule has 2 heterocycles. The summed E-state index contributed by atoms with van der Waals surface area (Å²) in [6, 6.07) is 19.8. The number of cyclic esters (lactones) is 1. The van der Waals surface area contributed by atoms with E-state index in [0.717, 1.165) is 50.3 Å². The molecule has 1 saturated heterocycles. The third kappa shape index (κ3) is 5.50. The van der Waals surface area contributed by atoms with Crippen molar-refractivity contribution in [2.24, 2.45) is 0 Å². The number of nitrogens with one attached hydrogen (secondary N) is 1. The van der Waals surface area contributed by atoms with Gasteiger partial charge in [-0.25, -0.2) is 4.79 Å². The highest BCUT2D eigenvalue weighted by atomic mass is 32.2. The molecule has 0 aliphatic carbocycles. The van der Waals surface area contributed by atoms with Crippen LogP contribution in [0.1, 0.15) is 30.4 Å². The van der Waals surface area contributed by atoms with Crippen LogP contribution in [0.3, 0.4) is 0 Å². The number of piperazine rings is 1. The van der Waals surface area contributed by atoms with Gasteiger partial charge in [0.05, 0.1) is 6.42 Å². The van der Waals surface area contributed by atoms with E-state index < -0.39 is 11.6 Å². The van der Waals surface area contributed by atoms with Gasteiger partial charge < -0.3 is 20.1 Å². The van der Waals surface area contributed by atoms with Crippen LogP contribution in [0.2, 0.25) is 0 Å². The highest BCUT2D eigenvalue weighted by molar-refractivity contribution is 8.03. The van der Waals surface area contributed by atoms with Crippen LogP contribution in [0.5, 0.6) is 0 Å². The van der Waals surface area contributed by atoms with Gasteiger partial charge in [0.2, 0.25) is 0 Å². The summed E-state index contributed by atoms with van der Waals surface area (Å²) in [4.78, 5) is 15.8. The van der Waals surface area contributed by atoms with Crippen LogP contribution < -0.4 is 5.32 Å². The van der Waals surface area contributed by atoms with E-state index in [4.69, 9.17) is 4.74 Å². The Morgan fingerprint density at radius 1 is 1.03 bits per heavy atom. The molecule has 2 aromatic carbocycles.